The van der Waals surface area contributed by atoms with E-state index in [1.807, 2.05) is 41.4 Å². The van der Waals surface area contributed by atoms with Crippen molar-refractivity contribution in [3.8, 4) is 16.9 Å². The second-order valence-electron chi connectivity index (χ2n) is 3.60. The number of halogens is 1. The normalized spacial score (nSPS) is 10.6. The van der Waals surface area contributed by atoms with Crippen molar-refractivity contribution in [1.82, 2.24) is 19.7 Å². The second-order valence-corrected chi connectivity index (χ2v) is 4.04. The van der Waals surface area contributed by atoms with Crippen LogP contribution in [0.25, 0.3) is 16.9 Å². The molecule has 0 aliphatic carbocycles. The van der Waals surface area contributed by atoms with Crippen molar-refractivity contribution in [1.29, 1.82) is 0 Å². The van der Waals surface area contributed by atoms with E-state index in [1.165, 1.54) is 0 Å². The Kier molecular flexibility index (Phi) is 2.42. The third-order valence-electron chi connectivity index (χ3n) is 2.49. The lowest BCUT2D eigenvalue weighted by molar-refractivity contribution is 1.01. The van der Waals surface area contributed by atoms with Gasteiger partial charge >= 0.3 is 0 Å². The topological polar surface area (TPSA) is 46.5 Å². The molecule has 0 spiro atoms. The van der Waals surface area contributed by atoms with E-state index < -0.39 is 0 Å². The number of pyridine rings is 1. The third-order valence-corrected chi connectivity index (χ3v) is 2.70. The van der Waals surface area contributed by atoms with Crippen molar-refractivity contribution in [2.75, 3.05) is 0 Å². The highest BCUT2D eigenvalue weighted by atomic mass is 35.5. The highest BCUT2D eigenvalue weighted by molar-refractivity contribution is 6.30. The lowest BCUT2D eigenvalue weighted by Crippen LogP contribution is -1.97. The van der Waals surface area contributed by atoms with Crippen LogP contribution in [-0.2, 0) is 0 Å². The first-order chi connectivity index (χ1) is 8.34. The van der Waals surface area contributed by atoms with Gasteiger partial charge in [-0.3, -0.25) is 5.10 Å². The number of rotatable bonds is 2. The van der Waals surface area contributed by atoms with E-state index in [2.05, 4.69) is 15.2 Å². The predicted molar refractivity (Wildman–Crippen MR) is 66.2 cm³/mol. The van der Waals surface area contributed by atoms with E-state index in [9.17, 15) is 0 Å². The van der Waals surface area contributed by atoms with Gasteiger partial charge in [0.05, 0.1) is 11.2 Å². The zero-order valence-corrected chi connectivity index (χ0v) is 9.59. The monoisotopic (exact) mass is 244 g/mol. The molecule has 3 heterocycles. The summed E-state index contributed by atoms with van der Waals surface area (Å²) in [5, 5.41) is 7.34. The highest BCUT2D eigenvalue weighted by Crippen LogP contribution is 2.26. The minimum Gasteiger partial charge on any atom is -0.308 e. The third kappa shape index (κ3) is 1.83. The van der Waals surface area contributed by atoms with Gasteiger partial charge < -0.3 is 4.57 Å². The molecule has 0 radical (unpaired) electrons. The van der Waals surface area contributed by atoms with Gasteiger partial charge in [-0.25, -0.2) is 4.98 Å². The number of aromatic amines is 1. The van der Waals surface area contributed by atoms with E-state index >= 15 is 0 Å². The number of hydrogen-bond acceptors (Lipinski definition) is 2. The largest absolute Gasteiger partial charge is 0.308 e. The minimum absolute atomic E-state index is 0.608. The van der Waals surface area contributed by atoms with Crippen molar-refractivity contribution in [2.24, 2.45) is 0 Å². The summed E-state index contributed by atoms with van der Waals surface area (Å²) >= 11 is 5.99. The molecule has 5 heteroatoms. The van der Waals surface area contributed by atoms with Crippen molar-refractivity contribution in [3.05, 3.63) is 54.2 Å². The maximum Gasteiger partial charge on any atom is 0.144 e. The van der Waals surface area contributed by atoms with Crippen LogP contribution in [0, 0.1) is 0 Å². The summed E-state index contributed by atoms with van der Waals surface area (Å²) in [5.74, 6) is 0.834. The van der Waals surface area contributed by atoms with Crippen LogP contribution < -0.4 is 0 Å². The molecule has 0 saturated heterocycles. The van der Waals surface area contributed by atoms with Gasteiger partial charge in [0.2, 0.25) is 0 Å². The average Bonchev–Trinajstić information content (AvgIpc) is 3.02. The number of nitrogens with zero attached hydrogens (tertiary/aromatic N) is 3. The van der Waals surface area contributed by atoms with Crippen LogP contribution in [0.15, 0.2) is 49.2 Å². The Labute approximate surface area is 103 Å². The first kappa shape index (κ1) is 10.1. The SMILES string of the molecule is Clc1cnc(-n2cccc2)c(-c2cn[nH]c2)c1. The maximum atomic E-state index is 5.99. The Bertz CT molecular complexity index is 614. The first-order valence-corrected chi connectivity index (χ1v) is 5.50. The average molecular weight is 245 g/mol. The molecule has 84 valence electrons. The molecule has 3 aromatic rings. The minimum atomic E-state index is 0.608. The molecule has 0 aromatic carbocycles. The van der Waals surface area contributed by atoms with Crippen LogP contribution in [0.1, 0.15) is 0 Å². The Balaban J connectivity index is 2.22. The summed E-state index contributed by atoms with van der Waals surface area (Å²) in [6.45, 7) is 0. The molecule has 0 aliphatic heterocycles. The summed E-state index contributed by atoms with van der Waals surface area (Å²) in [5.41, 5.74) is 1.91. The fraction of sp³-hybridized carbons (Fsp3) is 0. The van der Waals surface area contributed by atoms with Gasteiger partial charge in [0.15, 0.2) is 0 Å². The van der Waals surface area contributed by atoms with Crippen LogP contribution in [0.3, 0.4) is 0 Å². The Morgan fingerprint density at radius 2 is 2.00 bits per heavy atom. The molecule has 0 amide bonds. The summed E-state index contributed by atoms with van der Waals surface area (Å²) in [6.07, 6.45) is 9.10. The molecule has 0 fully saturated rings. The van der Waals surface area contributed by atoms with Crippen LogP contribution in [0.5, 0.6) is 0 Å². The first-order valence-electron chi connectivity index (χ1n) is 5.12. The summed E-state index contributed by atoms with van der Waals surface area (Å²) in [4.78, 5) is 4.37. The molecule has 3 aromatic heterocycles. The number of aromatic nitrogens is 4. The number of H-pyrrole nitrogens is 1. The Morgan fingerprint density at radius 3 is 2.71 bits per heavy atom. The van der Waals surface area contributed by atoms with Crippen LogP contribution in [0.4, 0.5) is 0 Å². The van der Waals surface area contributed by atoms with Crippen LogP contribution in [-0.4, -0.2) is 19.7 Å². The summed E-state index contributed by atoms with van der Waals surface area (Å²) in [7, 11) is 0. The number of hydrogen-bond donors (Lipinski definition) is 1. The zero-order valence-electron chi connectivity index (χ0n) is 8.84. The lowest BCUT2D eigenvalue weighted by atomic mass is 10.1. The van der Waals surface area contributed by atoms with Gasteiger partial charge in [0, 0.05) is 35.9 Å². The summed E-state index contributed by atoms with van der Waals surface area (Å²) < 4.78 is 1.94. The van der Waals surface area contributed by atoms with Gasteiger partial charge in [-0.2, -0.15) is 5.10 Å². The fourth-order valence-electron chi connectivity index (χ4n) is 1.72. The number of nitrogens with one attached hydrogen (secondary N) is 1. The lowest BCUT2D eigenvalue weighted by Gasteiger charge is -2.08. The molecule has 0 bridgehead atoms. The molecule has 17 heavy (non-hydrogen) atoms. The fourth-order valence-corrected chi connectivity index (χ4v) is 1.88. The molecule has 0 aliphatic rings. The molecule has 4 nitrogen and oxygen atoms in total. The van der Waals surface area contributed by atoms with E-state index in [0.717, 1.165) is 16.9 Å². The van der Waals surface area contributed by atoms with E-state index in [1.54, 1.807) is 12.4 Å². The van der Waals surface area contributed by atoms with Crippen molar-refractivity contribution in [2.45, 2.75) is 0 Å². The van der Waals surface area contributed by atoms with Gasteiger partial charge in [0.25, 0.3) is 0 Å². The smallest absolute Gasteiger partial charge is 0.144 e. The maximum absolute atomic E-state index is 5.99. The highest BCUT2D eigenvalue weighted by Gasteiger charge is 2.09. The van der Waals surface area contributed by atoms with Crippen molar-refractivity contribution < 1.29 is 0 Å². The molecule has 0 unspecified atom stereocenters. The van der Waals surface area contributed by atoms with E-state index in [4.69, 9.17) is 11.6 Å². The van der Waals surface area contributed by atoms with Crippen LogP contribution in [0.2, 0.25) is 5.02 Å². The van der Waals surface area contributed by atoms with Gasteiger partial charge in [-0.15, -0.1) is 0 Å². The molecular formula is C12H9ClN4. The second kappa shape index (κ2) is 4.07. The van der Waals surface area contributed by atoms with Gasteiger partial charge in [0.1, 0.15) is 5.82 Å². The molecule has 0 atom stereocenters. The standard InChI is InChI=1S/C12H9ClN4/c13-10-5-11(9-6-15-16-7-9)12(14-8-10)17-3-1-2-4-17/h1-8H,(H,15,16). The Morgan fingerprint density at radius 1 is 1.18 bits per heavy atom. The predicted octanol–water partition coefficient (Wildman–Crippen LogP) is 2.92. The molecule has 1 N–H and O–H groups in total. The van der Waals surface area contributed by atoms with Crippen LogP contribution >= 0.6 is 11.6 Å². The molecule has 3 rings (SSSR count). The van der Waals surface area contributed by atoms with Gasteiger partial charge in [-0.05, 0) is 18.2 Å². The van der Waals surface area contributed by atoms with Crippen molar-refractivity contribution >= 4 is 11.6 Å². The zero-order chi connectivity index (χ0) is 11.7. The van der Waals surface area contributed by atoms with Crippen molar-refractivity contribution in [3.63, 3.8) is 0 Å². The Hall–Kier alpha value is -2.07. The quantitative estimate of drug-likeness (QED) is 0.753. The molecule has 0 saturated carbocycles. The van der Waals surface area contributed by atoms with E-state index in [0.29, 0.717) is 5.02 Å². The molecular weight excluding hydrogens is 236 g/mol. The van der Waals surface area contributed by atoms with Gasteiger partial charge in [-0.1, -0.05) is 11.6 Å². The van der Waals surface area contributed by atoms with E-state index in [-0.39, 0.29) is 0 Å². The summed E-state index contributed by atoms with van der Waals surface area (Å²) in [6, 6.07) is 5.79.